The summed E-state index contributed by atoms with van der Waals surface area (Å²) in [5, 5.41) is 9.97. The molecular weight excluding hydrogens is 316 g/mol. The van der Waals surface area contributed by atoms with Gasteiger partial charge in [-0.1, -0.05) is 6.07 Å². The molecule has 0 saturated carbocycles. The number of aromatic nitrogens is 2. The van der Waals surface area contributed by atoms with Crippen LogP contribution in [-0.2, 0) is 4.79 Å². The van der Waals surface area contributed by atoms with E-state index in [1.165, 1.54) is 17.3 Å². The van der Waals surface area contributed by atoms with Gasteiger partial charge in [0, 0.05) is 24.5 Å². The molecule has 0 bridgehead atoms. The van der Waals surface area contributed by atoms with Gasteiger partial charge in [0.1, 0.15) is 6.33 Å². The van der Waals surface area contributed by atoms with Crippen molar-refractivity contribution in [1.82, 2.24) is 14.9 Å². The maximum atomic E-state index is 13.5. The van der Waals surface area contributed by atoms with Gasteiger partial charge >= 0.3 is 0 Å². The van der Waals surface area contributed by atoms with E-state index in [-0.39, 0.29) is 18.9 Å². The highest BCUT2D eigenvalue weighted by molar-refractivity contribution is 5.84. The van der Waals surface area contributed by atoms with E-state index in [0.717, 1.165) is 12.1 Å². The molecule has 2 aromatic rings. The summed E-state index contributed by atoms with van der Waals surface area (Å²) in [5.74, 6) is -2.61. The molecule has 126 valence electrons. The van der Waals surface area contributed by atoms with Gasteiger partial charge in [-0.2, -0.15) is 0 Å². The molecule has 7 heteroatoms. The van der Waals surface area contributed by atoms with E-state index in [2.05, 4.69) is 9.97 Å². The van der Waals surface area contributed by atoms with Crippen molar-refractivity contribution in [3.8, 4) is 0 Å². The second-order valence-corrected chi connectivity index (χ2v) is 5.96. The Morgan fingerprint density at radius 3 is 2.67 bits per heavy atom. The fourth-order valence-electron chi connectivity index (χ4n) is 3.02. The van der Waals surface area contributed by atoms with Crippen LogP contribution in [-0.4, -0.2) is 38.5 Å². The van der Waals surface area contributed by atoms with Crippen LogP contribution in [0, 0.1) is 11.6 Å². The molecule has 1 aromatic heterocycles. The fraction of sp³-hybridized carbons (Fsp3) is 0.353. The number of benzene rings is 1. The molecule has 24 heavy (non-hydrogen) atoms. The number of carbonyl (C=O) groups is 1. The molecule has 1 saturated heterocycles. The fourth-order valence-corrected chi connectivity index (χ4v) is 3.02. The van der Waals surface area contributed by atoms with E-state index < -0.39 is 29.7 Å². The van der Waals surface area contributed by atoms with Gasteiger partial charge in [0.15, 0.2) is 11.6 Å². The third-order valence-corrected chi connectivity index (χ3v) is 4.34. The minimum absolute atomic E-state index is 0.153. The lowest BCUT2D eigenvalue weighted by Crippen LogP contribution is -2.35. The first-order valence-corrected chi connectivity index (χ1v) is 7.65. The van der Waals surface area contributed by atoms with Gasteiger partial charge in [-0.15, -0.1) is 0 Å². The van der Waals surface area contributed by atoms with Crippen LogP contribution in [0.4, 0.5) is 8.78 Å². The van der Waals surface area contributed by atoms with Gasteiger partial charge in [-0.3, -0.25) is 4.79 Å². The van der Waals surface area contributed by atoms with Crippen LogP contribution in [0.25, 0.3) is 0 Å². The molecule has 2 heterocycles. The predicted octanol–water partition coefficient (Wildman–Crippen LogP) is 2.19. The maximum Gasteiger partial charge on any atom is 0.230 e. The van der Waals surface area contributed by atoms with Crippen LogP contribution in [0.15, 0.2) is 36.9 Å². The minimum Gasteiger partial charge on any atom is -0.391 e. The van der Waals surface area contributed by atoms with Crippen LogP contribution in [0.5, 0.6) is 0 Å². The van der Waals surface area contributed by atoms with Crippen molar-refractivity contribution >= 4 is 5.91 Å². The van der Waals surface area contributed by atoms with E-state index in [9.17, 15) is 18.7 Å². The average Bonchev–Trinajstić information content (AvgIpc) is 2.98. The number of rotatable bonds is 3. The predicted molar refractivity (Wildman–Crippen MR) is 81.9 cm³/mol. The summed E-state index contributed by atoms with van der Waals surface area (Å²) in [6.07, 6.45) is 4.09. The zero-order valence-electron chi connectivity index (χ0n) is 13.1. The summed E-state index contributed by atoms with van der Waals surface area (Å²) in [5.41, 5.74) is 1.13. The number of hydrogen-bond acceptors (Lipinski definition) is 4. The number of halogens is 2. The van der Waals surface area contributed by atoms with Crippen LogP contribution in [0.2, 0.25) is 0 Å². The molecule has 3 atom stereocenters. The van der Waals surface area contributed by atoms with Crippen LogP contribution >= 0.6 is 0 Å². The largest absolute Gasteiger partial charge is 0.391 e. The molecule has 5 nitrogen and oxygen atoms in total. The minimum atomic E-state index is -0.967. The monoisotopic (exact) mass is 333 g/mol. The van der Waals surface area contributed by atoms with Crippen LogP contribution in [0.3, 0.4) is 0 Å². The number of nitrogens with zero attached hydrogens (tertiary/aromatic N) is 3. The highest BCUT2D eigenvalue weighted by atomic mass is 19.2. The Kier molecular flexibility index (Phi) is 4.53. The number of β-amino-alcohol motifs (C(OH)–C–C–N with tert-alkyl or cyclic N) is 1. The van der Waals surface area contributed by atoms with Gasteiger partial charge < -0.3 is 10.0 Å². The van der Waals surface area contributed by atoms with E-state index in [1.807, 2.05) is 0 Å². The van der Waals surface area contributed by atoms with Gasteiger partial charge in [0.2, 0.25) is 5.91 Å². The molecule has 1 amide bonds. The molecule has 1 fully saturated rings. The average molecular weight is 333 g/mol. The number of hydrogen-bond donors (Lipinski definition) is 1. The lowest BCUT2D eigenvalue weighted by atomic mass is 10.00. The van der Waals surface area contributed by atoms with E-state index >= 15 is 0 Å². The SMILES string of the molecule is CC(C(=O)N1CC(O)CC1c1ccc(F)c(F)c1)c1cncnc1. The summed E-state index contributed by atoms with van der Waals surface area (Å²) >= 11 is 0. The van der Waals surface area contributed by atoms with Crippen molar-refractivity contribution < 1.29 is 18.7 Å². The first-order chi connectivity index (χ1) is 11.5. The first-order valence-electron chi connectivity index (χ1n) is 7.65. The molecular formula is C17H17F2N3O2. The van der Waals surface area contributed by atoms with Crippen LogP contribution in [0.1, 0.15) is 36.4 Å². The highest BCUT2D eigenvalue weighted by Gasteiger charge is 2.37. The second-order valence-electron chi connectivity index (χ2n) is 5.96. The molecule has 1 aliphatic heterocycles. The topological polar surface area (TPSA) is 66.3 Å². The van der Waals surface area contributed by atoms with Gasteiger partial charge in [-0.05, 0) is 31.0 Å². The second kappa shape index (κ2) is 6.60. The van der Waals surface area contributed by atoms with Gasteiger partial charge in [0.05, 0.1) is 18.1 Å². The van der Waals surface area contributed by atoms with Crippen molar-refractivity contribution in [1.29, 1.82) is 0 Å². The van der Waals surface area contributed by atoms with E-state index in [1.54, 1.807) is 19.3 Å². The zero-order valence-corrected chi connectivity index (χ0v) is 13.1. The van der Waals surface area contributed by atoms with E-state index in [4.69, 9.17) is 0 Å². The van der Waals surface area contributed by atoms with Crippen molar-refractivity contribution in [2.45, 2.75) is 31.4 Å². The van der Waals surface area contributed by atoms with E-state index in [0.29, 0.717) is 11.1 Å². The Balaban J connectivity index is 1.87. The number of carbonyl (C=O) groups excluding carboxylic acids is 1. The molecule has 3 unspecified atom stereocenters. The molecule has 0 radical (unpaired) electrons. The third kappa shape index (κ3) is 3.12. The third-order valence-electron chi connectivity index (χ3n) is 4.34. The van der Waals surface area contributed by atoms with Crippen LogP contribution < -0.4 is 0 Å². The Hall–Kier alpha value is -2.41. The van der Waals surface area contributed by atoms with Gasteiger partial charge in [-0.25, -0.2) is 18.7 Å². The molecule has 0 spiro atoms. The van der Waals surface area contributed by atoms with Gasteiger partial charge in [0.25, 0.3) is 0 Å². The molecule has 1 aliphatic rings. The number of amides is 1. The summed E-state index contributed by atoms with van der Waals surface area (Å²) in [4.78, 5) is 22.1. The van der Waals surface area contributed by atoms with Crippen molar-refractivity contribution in [3.63, 3.8) is 0 Å². The lowest BCUT2D eigenvalue weighted by Gasteiger charge is -2.27. The van der Waals surface area contributed by atoms with Crippen molar-refractivity contribution in [3.05, 3.63) is 59.7 Å². The summed E-state index contributed by atoms with van der Waals surface area (Å²) in [7, 11) is 0. The number of likely N-dealkylation sites (tertiary alicyclic amines) is 1. The lowest BCUT2D eigenvalue weighted by molar-refractivity contribution is -0.133. The van der Waals surface area contributed by atoms with Crippen molar-refractivity contribution in [2.24, 2.45) is 0 Å². The normalized spacial score (nSPS) is 21.8. The maximum absolute atomic E-state index is 13.5. The Labute approximate surface area is 138 Å². The molecule has 1 N–H and O–H groups in total. The smallest absolute Gasteiger partial charge is 0.230 e. The number of aliphatic hydroxyl groups is 1. The van der Waals surface area contributed by atoms with Crippen molar-refractivity contribution in [2.75, 3.05) is 6.54 Å². The standard InChI is InChI=1S/C17H17F2N3O2/c1-10(12-6-20-9-21-7-12)17(24)22-8-13(23)5-16(22)11-2-3-14(18)15(19)4-11/h2-4,6-7,9-10,13,16,23H,5,8H2,1H3. The summed E-state index contributed by atoms with van der Waals surface area (Å²) in [6.45, 7) is 1.88. The zero-order chi connectivity index (χ0) is 17.3. The molecule has 0 aliphatic carbocycles. The summed E-state index contributed by atoms with van der Waals surface area (Å²) < 4.78 is 26.7. The Morgan fingerprint density at radius 1 is 1.29 bits per heavy atom. The molecule has 3 rings (SSSR count). The quantitative estimate of drug-likeness (QED) is 0.935. The molecule has 1 aromatic carbocycles. The highest BCUT2D eigenvalue weighted by Crippen LogP contribution is 2.35. The number of aliphatic hydroxyl groups excluding tert-OH is 1. The summed E-state index contributed by atoms with van der Waals surface area (Å²) in [6, 6.07) is 3.06. The Morgan fingerprint density at radius 2 is 2.00 bits per heavy atom. The first kappa shape index (κ1) is 16.4. The Bertz CT molecular complexity index is 742.